The topological polar surface area (TPSA) is 50.9 Å². The fraction of sp³-hybridized carbons (Fsp3) is 0.250. The molecule has 0 aliphatic heterocycles. The smallest absolute Gasteiger partial charge is 0.124 e. The Morgan fingerprint density at radius 2 is 2.33 bits per heavy atom. The number of aromatic nitrogens is 1. The standard InChI is InChI=1S/C12H13FIN3S/c1-7-6-18-12(16-7)5-11(17-15)9-3-2-8(13)4-10(9)14/h2-4,6,11,17H,5,15H2,1H3. The Balaban J connectivity index is 2.22. The van der Waals surface area contributed by atoms with E-state index in [1.165, 1.54) is 12.1 Å². The van der Waals surface area contributed by atoms with Crippen LogP contribution in [0, 0.1) is 16.3 Å². The first-order valence-electron chi connectivity index (χ1n) is 5.42. The third kappa shape index (κ3) is 3.25. The van der Waals surface area contributed by atoms with Crippen molar-refractivity contribution in [2.45, 2.75) is 19.4 Å². The molecule has 0 saturated carbocycles. The van der Waals surface area contributed by atoms with Gasteiger partial charge in [-0.05, 0) is 47.2 Å². The molecule has 0 saturated heterocycles. The number of halogens is 2. The van der Waals surface area contributed by atoms with Gasteiger partial charge < -0.3 is 0 Å². The summed E-state index contributed by atoms with van der Waals surface area (Å²) in [5.74, 6) is 5.36. The van der Waals surface area contributed by atoms with Gasteiger partial charge in [0.15, 0.2) is 0 Å². The van der Waals surface area contributed by atoms with E-state index in [4.69, 9.17) is 5.84 Å². The van der Waals surface area contributed by atoms with Gasteiger partial charge in [-0.1, -0.05) is 6.07 Å². The van der Waals surface area contributed by atoms with E-state index in [1.807, 2.05) is 12.3 Å². The van der Waals surface area contributed by atoms with Crippen LogP contribution in [0.3, 0.4) is 0 Å². The molecule has 1 atom stereocenters. The van der Waals surface area contributed by atoms with Crippen LogP contribution < -0.4 is 11.3 Å². The lowest BCUT2D eigenvalue weighted by Gasteiger charge is -2.16. The van der Waals surface area contributed by atoms with E-state index < -0.39 is 0 Å². The van der Waals surface area contributed by atoms with Gasteiger partial charge in [-0.25, -0.2) is 9.37 Å². The first-order valence-corrected chi connectivity index (χ1v) is 7.38. The number of benzene rings is 1. The second kappa shape index (κ2) is 6.05. The molecule has 2 rings (SSSR count). The van der Waals surface area contributed by atoms with Crippen LogP contribution in [0.2, 0.25) is 0 Å². The molecule has 0 spiro atoms. The Bertz CT molecular complexity index is 544. The van der Waals surface area contributed by atoms with Crippen molar-refractivity contribution in [3.05, 3.63) is 49.2 Å². The maximum atomic E-state index is 13.1. The van der Waals surface area contributed by atoms with Crippen LogP contribution in [-0.2, 0) is 6.42 Å². The number of nitrogens with two attached hydrogens (primary N) is 1. The summed E-state index contributed by atoms with van der Waals surface area (Å²) >= 11 is 3.73. The van der Waals surface area contributed by atoms with Crippen LogP contribution in [0.1, 0.15) is 22.3 Å². The van der Waals surface area contributed by atoms with E-state index in [0.717, 1.165) is 19.8 Å². The highest BCUT2D eigenvalue weighted by Crippen LogP contribution is 2.24. The van der Waals surface area contributed by atoms with Crippen molar-refractivity contribution in [3.63, 3.8) is 0 Å². The zero-order valence-corrected chi connectivity index (χ0v) is 12.8. The summed E-state index contributed by atoms with van der Waals surface area (Å²) in [5.41, 5.74) is 4.78. The lowest BCUT2D eigenvalue weighted by molar-refractivity contribution is 0.545. The number of nitrogens with zero attached hydrogens (tertiary/aromatic N) is 1. The third-order valence-corrected chi connectivity index (χ3v) is 4.51. The monoisotopic (exact) mass is 377 g/mol. The number of thiazole rings is 1. The summed E-state index contributed by atoms with van der Waals surface area (Å²) in [5, 5.41) is 3.04. The second-order valence-corrected chi connectivity index (χ2v) is 6.08. The van der Waals surface area contributed by atoms with E-state index >= 15 is 0 Å². The maximum absolute atomic E-state index is 13.1. The lowest BCUT2D eigenvalue weighted by Crippen LogP contribution is -2.30. The molecule has 2 aromatic rings. The Morgan fingerprint density at radius 1 is 1.56 bits per heavy atom. The fourth-order valence-electron chi connectivity index (χ4n) is 1.71. The van der Waals surface area contributed by atoms with Gasteiger partial charge >= 0.3 is 0 Å². The van der Waals surface area contributed by atoms with Crippen molar-refractivity contribution in [2.24, 2.45) is 5.84 Å². The van der Waals surface area contributed by atoms with Crippen molar-refractivity contribution in [1.82, 2.24) is 10.4 Å². The van der Waals surface area contributed by atoms with E-state index in [0.29, 0.717) is 6.42 Å². The van der Waals surface area contributed by atoms with Crippen LogP contribution in [0.4, 0.5) is 4.39 Å². The first kappa shape index (κ1) is 13.9. The summed E-state index contributed by atoms with van der Waals surface area (Å²) in [6.07, 6.45) is 0.705. The molecule has 6 heteroatoms. The average molecular weight is 377 g/mol. The van der Waals surface area contributed by atoms with Gasteiger partial charge in [-0.15, -0.1) is 11.3 Å². The average Bonchev–Trinajstić information content (AvgIpc) is 2.72. The minimum absolute atomic E-state index is 0.0527. The summed E-state index contributed by atoms with van der Waals surface area (Å²) in [4.78, 5) is 4.42. The maximum Gasteiger partial charge on any atom is 0.124 e. The molecule has 1 unspecified atom stereocenters. The number of hydrazine groups is 1. The van der Waals surface area contributed by atoms with Crippen molar-refractivity contribution >= 4 is 33.9 Å². The molecule has 1 aromatic carbocycles. The summed E-state index contributed by atoms with van der Waals surface area (Å²) in [7, 11) is 0. The van der Waals surface area contributed by atoms with Crippen molar-refractivity contribution in [1.29, 1.82) is 0 Å². The fourth-order valence-corrected chi connectivity index (χ4v) is 3.39. The zero-order valence-electron chi connectivity index (χ0n) is 9.78. The van der Waals surface area contributed by atoms with Crippen LogP contribution in [0.5, 0.6) is 0 Å². The predicted octanol–water partition coefficient (Wildman–Crippen LogP) is 2.94. The molecule has 18 heavy (non-hydrogen) atoms. The highest BCUT2D eigenvalue weighted by molar-refractivity contribution is 14.1. The molecule has 0 fully saturated rings. The Hall–Kier alpha value is -0.570. The Kier molecular flexibility index (Phi) is 4.66. The second-order valence-electron chi connectivity index (χ2n) is 3.97. The van der Waals surface area contributed by atoms with E-state index in [1.54, 1.807) is 17.4 Å². The molecule has 3 N–H and O–H groups in total. The number of rotatable bonds is 4. The van der Waals surface area contributed by atoms with E-state index in [9.17, 15) is 4.39 Å². The molecular formula is C12H13FIN3S. The summed E-state index contributed by atoms with van der Waals surface area (Å²) in [6, 6.07) is 4.67. The minimum atomic E-state index is -0.232. The Morgan fingerprint density at radius 3 is 2.89 bits per heavy atom. The van der Waals surface area contributed by atoms with Gasteiger partial charge in [-0.2, -0.15) is 0 Å². The SMILES string of the molecule is Cc1csc(CC(NN)c2ccc(F)cc2I)n1. The summed E-state index contributed by atoms with van der Waals surface area (Å²) in [6.45, 7) is 1.96. The molecule has 0 aliphatic carbocycles. The molecule has 1 heterocycles. The molecule has 3 nitrogen and oxygen atoms in total. The molecule has 0 radical (unpaired) electrons. The number of aryl methyl sites for hydroxylation is 1. The highest BCUT2D eigenvalue weighted by Gasteiger charge is 2.15. The summed E-state index contributed by atoms with van der Waals surface area (Å²) < 4.78 is 13.9. The number of nitrogens with one attached hydrogen (secondary N) is 1. The molecule has 96 valence electrons. The predicted molar refractivity (Wildman–Crippen MR) is 79.7 cm³/mol. The van der Waals surface area contributed by atoms with Crippen molar-refractivity contribution in [3.8, 4) is 0 Å². The van der Waals surface area contributed by atoms with E-state index in [2.05, 4.69) is 33.0 Å². The molecule has 0 aliphatic rings. The molecule has 1 aromatic heterocycles. The first-order chi connectivity index (χ1) is 8.60. The highest BCUT2D eigenvalue weighted by atomic mass is 127. The van der Waals surface area contributed by atoms with Crippen molar-refractivity contribution in [2.75, 3.05) is 0 Å². The minimum Gasteiger partial charge on any atom is -0.271 e. The van der Waals surface area contributed by atoms with Gasteiger partial charge in [0.1, 0.15) is 5.82 Å². The largest absolute Gasteiger partial charge is 0.271 e. The number of hydrogen-bond acceptors (Lipinski definition) is 4. The Labute approximate surface area is 123 Å². The lowest BCUT2D eigenvalue weighted by atomic mass is 10.0. The van der Waals surface area contributed by atoms with Crippen LogP contribution in [-0.4, -0.2) is 4.98 Å². The zero-order chi connectivity index (χ0) is 13.1. The quantitative estimate of drug-likeness (QED) is 0.490. The normalized spacial score (nSPS) is 12.7. The van der Waals surface area contributed by atoms with Gasteiger partial charge in [0.05, 0.1) is 11.0 Å². The van der Waals surface area contributed by atoms with Crippen molar-refractivity contribution < 1.29 is 4.39 Å². The van der Waals surface area contributed by atoms with Crippen LogP contribution in [0.15, 0.2) is 23.6 Å². The third-order valence-electron chi connectivity index (χ3n) is 2.58. The van der Waals surface area contributed by atoms with Crippen LogP contribution in [0.25, 0.3) is 0 Å². The molecular weight excluding hydrogens is 364 g/mol. The van der Waals surface area contributed by atoms with E-state index in [-0.39, 0.29) is 11.9 Å². The van der Waals surface area contributed by atoms with Gasteiger partial charge in [0, 0.05) is 21.1 Å². The van der Waals surface area contributed by atoms with Gasteiger partial charge in [-0.3, -0.25) is 11.3 Å². The number of hydrogen-bond donors (Lipinski definition) is 2. The molecule has 0 bridgehead atoms. The van der Waals surface area contributed by atoms with Gasteiger partial charge in [0.25, 0.3) is 0 Å². The molecule has 0 amide bonds. The van der Waals surface area contributed by atoms with Crippen LogP contribution >= 0.6 is 33.9 Å². The van der Waals surface area contributed by atoms with Gasteiger partial charge in [0.2, 0.25) is 0 Å².